The molecule has 0 saturated heterocycles. The molecule has 0 bridgehead atoms. The molecule has 5 heteroatoms. The summed E-state index contributed by atoms with van der Waals surface area (Å²) in [5, 5.41) is 0. The van der Waals surface area contributed by atoms with Crippen LogP contribution in [0, 0.1) is 0 Å². The van der Waals surface area contributed by atoms with Gasteiger partial charge in [0, 0.05) is 6.26 Å². The average molecular weight is 206 g/mol. The highest BCUT2D eigenvalue weighted by atomic mass is 32.2. The van der Waals surface area contributed by atoms with Crippen LogP contribution < -0.4 is 0 Å². The third-order valence-corrected chi connectivity index (χ3v) is 4.49. The predicted molar refractivity (Wildman–Crippen MR) is 48.1 cm³/mol. The lowest BCUT2D eigenvalue weighted by Gasteiger charge is -2.11. The summed E-state index contributed by atoms with van der Waals surface area (Å²) in [6.45, 7) is 2.01. The maximum absolute atomic E-state index is 11.2. The van der Waals surface area contributed by atoms with Crippen molar-refractivity contribution < 1.29 is 17.9 Å². The van der Waals surface area contributed by atoms with Crippen molar-refractivity contribution >= 4 is 15.8 Å². The van der Waals surface area contributed by atoms with Crippen LogP contribution in [0.25, 0.3) is 0 Å². The van der Waals surface area contributed by atoms with E-state index in [0.717, 1.165) is 0 Å². The highest BCUT2D eigenvalue weighted by Crippen LogP contribution is 2.46. The molecule has 0 aromatic rings. The molecular formula is C8H14O4S. The van der Waals surface area contributed by atoms with E-state index >= 15 is 0 Å². The molecule has 1 fully saturated rings. The molecule has 1 aliphatic rings. The minimum atomic E-state index is -3.11. The van der Waals surface area contributed by atoms with E-state index < -0.39 is 20.6 Å². The van der Waals surface area contributed by atoms with Crippen molar-refractivity contribution in [2.75, 3.05) is 12.9 Å². The van der Waals surface area contributed by atoms with Gasteiger partial charge in [-0.05, 0) is 19.8 Å². The molecule has 0 atom stereocenters. The van der Waals surface area contributed by atoms with E-state index in [-0.39, 0.29) is 6.42 Å². The summed E-state index contributed by atoms with van der Waals surface area (Å²) in [5.74, 6) is -0.412. The summed E-state index contributed by atoms with van der Waals surface area (Å²) < 4.78 is 26.4. The van der Waals surface area contributed by atoms with E-state index in [9.17, 15) is 13.2 Å². The quantitative estimate of drug-likeness (QED) is 0.629. The van der Waals surface area contributed by atoms with E-state index in [1.54, 1.807) is 6.92 Å². The van der Waals surface area contributed by atoms with Gasteiger partial charge in [0.2, 0.25) is 0 Å². The molecule has 0 N–H and O–H groups in total. The minimum Gasteiger partial charge on any atom is -0.466 e. The SMILES string of the molecule is CCOC(=O)CC1(S(C)(=O)=O)CC1. The molecule has 0 radical (unpaired) electrons. The van der Waals surface area contributed by atoms with Gasteiger partial charge in [-0.1, -0.05) is 0 Å². The van der Waals surface area contributed by atoms with Gasteiger partial charge < -0.3 is 4.74 Å². The van der Waals surface area contributed by atoms with Crippen LogP contribution in [0.3, 0.4) is 0 Å². The molecule has 0 aromatic heterocycles. The van der Waals surface area contributed by atoms with Gasteiger partial charge >= 0.3 is 5.97 Å². The first-order valence-electron chi connectivity index (χ1n) is 4.26. The Morgan fingerprint density at radius 1 is 1.46 bits per heavy atom. The summed E-state index contributed by atoms with van der Waals surface area (Å²) in [6.07, 6.45) is 2.37. The largest absolute Gasteiger partial charge is 0.466 e. The number of hydrogen-bond acceptors (Lipinski definition) is 4. The topological polar surface area (TPSA) is 60.4 Å². The van der Waals surface area contributed by atoms with E-state index in [4.69, 9.17) is 4.74 Å². The minimum absolute atomic E-state index is 0.0136. The smallest absolute Gasteiger partial charge is 0.307 e. The van der Waals surface area contributed by atoms with Crippen molar-refractivity contribution in [2.45, 2.75) is 30.9 Å². The number of ether oxygens (including phenoxy) is 1. The summed E-state index contributed by atoms with van der Waals surface area (Å²) in [6, 6.07) is 0. The van der Waals surface area contributed by atoms with Crippen molar-refractivity contribution in [3.63, 3.8) is 0 Å². The van der Waals surface area contributed by atoms with Crippen LogP contribution in [0.1, 0.15) is 26.2 Å². The van der Waals surface area contributed by atoms with Crippen LogP contribution in [-0.2, 0) is 19.4 Å². The Morgan fingerprint density at radius 3 is 2.31 bits per heavy atom. The Hall–Kier alpha value is -0.580. The fourth-order valence-electron chi connectivity index (χ4n) is 1.29. The van der Waals surface area contributed by atoms with E-state index in [0.29, 0.717) is 19.4 Å². The van der Waals surface area contributed by atoms with Gasteiger partial charge in [-0.25, -0.2) is 8.42 Å². The van der Waals surface area contributed by atoms with Crippen molar-refractivity contribution in [3.8, 4) is 0 Å². The molecule has 0 aromatic carbocycles. The molecule has 0 amide bonds. The van der Waals surface area contributed by atoms with Gasteiger partial charge in [0.25, 0.3) is 0 Å². The first kappa shape index (κ1) is 10.5. The lowest BCUT2D eigenvalue weighted by molar-refractivity contribution is -0.143. The summed E-state index contributed by atoms with van der Waals surface area (Å²) >= 11 is 0. The monoisotopic (exact) mass is 206 g/mol. The maximum atomic E-state index is 11.2. The Morgan fingerprint density at radius 2 is 2.00 bits per heavy atom. The molecule has 0 spiro atoms. The molecule has 0 heterocycles. The fourth-order valence-corrected chi connectivity index (χ4v) is 2.52. The van der Waals surface area contributed by atoms with Crippen molar-refractivity contribution in [1.82, 2.24) is 0 Å². The summed E-state index contributed by atoms with van der Waals surface area (Å²) in [5.41, 5.74) is 0. The van der Waals surface area contributed by atoms with Crippen LogP contribution in [0.2, 0.25) is 0 Å². The Balaban J connectivity index is 2.59. The van der Waals surface area contributed by atoms with Crippen LogP contribution >= 0.6 is 0 Å². The first-order chi connectivity index (χ1) is 5.91. The average Bonchev–Trinajstić information content (AvgIpc) is 2.67. The molecule has 13 heavy (non-hydrogen) atoms. The molecule has 0 unspecified atom stereocenters. The highest BCUT2D eigenvalue weighted by Gasteiger charge is 2.53. The molecule has 1 saturated carbocycles. The van der Waals surface area contributed by atoms with Gasteiger partial charge in [-0.3, -0.25) is 4.79 Å². The van der Waals surface area contributed by atoms with Gasteiger partial charge in [0.05, 0.1) is 17.8 Å². The van der Waals surface area contributed by atoms with Crippen LogP contribution in [0.5, 0.6) is 0 Å². The number of esters is 1. The van der Waals surface area contributed by atoms with E-state index in [2.05, 4.69) is 0 Å². The number of carbonyl (C=O) groups excluding carboxylic acids is 1. The van der Waals surface area contributed by atoms with Crippen LogP contribution in [0.4, 0.5) is 0 Å². The standard InChI is InChI=1S/C8H14O4S/c1-3-12-7(9)6-8(4-5-8)13(2,10)11/h3-6H2,1-2H3. The molecule has 76 valence electrons. The Kier molecular flexibility index (Phi) is 2.66. The zero-order valence-corrected chi connectivity index (χ0v) is 8.69. The van der Waals surface area contributed by atoms with Crippen LogP contribution in [-0.4, -0.2) is 32.0 Å². The Labute approximate surface area is 78.2 Å². The number of sulfone groups is 1. The summed E-state index contributed by atoms with van der Waals surface area (Å²) in [7, 11) is -3.11. The second-order valence-electron chi connectivity index (χ2n) is 3.44. The highest BCUT2D eigenvalue weighted by molar-refractivity contribution is 7.92. The molecule has 4 nitrogen and oxygen atoms in total. The van der Waals surface area contributed by atoms with Crippen molar-refractivity contribution in [1.29, 1.82) is 0 Å². The molecular weight excluding hydrogens is 192 g/mol. The Bertz CT molecular complexity index is 300. The lowest BCUT2D eigenvalue weighted by atomic mass is 10.3. The first-order valence-corrected chi connectivity index (χ1v) is 6.16. The lowest BCUT2D eigenvalue weighted by Crippen LogP contribution is -2.26. The van der Waals surface area contributed by atoms with Gasteiger partial charge in [0.1, 0.15) is 0 Å². The number of rotatable bonds is 4. The summed E-state index contributed by atoms with van der Waals surface area (Å²) in [4.78, 5) is 11.1. The fraction of sp³-hybridized carbons (Fsp3) is 0.875. The second-order valence-corrected chi connectivity index (χ2v) is 5.85. The van der Waals surface area contributed by atoms with E-state index in [1.807, 2.05) is 0 Å². The maximum Gasteiger partial charge on any atom is 0.307 e. The third-order valence-electron chi connectivity index (χ3n) is 2.37. The number of hydrogen-bond donors (Lipinski definition) is 0. The van der Waals surface area contributed by atoms with Crippen molar-refractivity contribution in [2.24, 2.45) is 0 Å². The molecule has 1 aliphatic carbocycles. The second kappa shape index (κ2) is 3.29. The predicted octanol–water partition coefficient (Wildman–Crippen LogP) is 0.517. The van der Waals surface area contributed by atoms with E-state index in [1.165, 1.54) is 6.26 Å². The van der Waals surface area contributed by atoms with Gasteiger partial charge in [-0.2, -0.15) is 0 Å². The van der Waals surface area contributed by atoms with Crippen molar-refractivity contribution in [3.05, 3.63) is 0 Å². The molecule has 0 aliphatic heterocycles. The molecule has 1 rings (SSSR count). The zero-order valence-electron chi connectivity index (χ0n) is 7.87. The normalized spacial score (nSPS) is 19.5. The zero-order chi connectivity index (χ0) is 10.1. The van der Waals surface area contributed by atoms with Crippen LogP contribution in [0.15, 0.2) is 0 Å². The third kappa shape index (κ3) is 2.21. The number of carbonyl (C=O) groups is 1. The van der Waals surface area contributed by atoms with Gasteiger partial charge in [0.15, 0.2) is 9.84 Å². The van der Waals surface area contributed by atoms with Gasteiger partial charge in [-0.15, -0.1) is 0 Å².